The van der Waals surface area contributed by atoms with Crippen molar-refractivity contribution in [2.24, 2.45) is 5.92 Å². The molecule has 2 heteroatoms. The summed E-state index contributed by atoms with van der Waals surface area (Å²) in [6, 6.07) is 0.770. The molecule has 1 heterocycles. The minimum Gasteiger partial charge on any atom is -0.316 e. The maximum atomic E-state index is 3.32. The molecule has 11 heavy (non-hydrogen) atoms. The zero-order valence-corrected chi connectivity index (χ0v) is 7.93. The normalized spacial score (nSPS) is 21.8. The molecule has 1 fully saturated rings. The van der Waals surface area contributed by atoms with Crippen LogP contribution in [0.4, 0.5) is 0 Å². The maximum Gasteiger partial charge on any atom is 0.0119 e. The van der Waals surface area contributed by atoms with Crippen molar-refractivity contribution in [2.45, 2.75) is 26.8 Å². The highest BCUT2D eigenvalue weighted by Crippen LogP contribution is 2.14. The van der Waals surface area contributed by atoms with E-state index in [-0.39, 0.29) is 0 Å². The Hall–Kier alpha value is -0.0800. The molecular weight excluding hydrogens is 136 g/mol. The summed E-state index contributed by atoms with van der Waals surface area (Å²) in [5.41, 5.74) is 0. The van der Waals surface area contributed by atoms with Gasteiger partial charge in [0.2, 0.25) is 0 Å². The van der Waals surface area contributed by atoms with Crippen molar-refractivity contribution < 1.29 is 0 Å². The van der Waals surface area contributed by atoms with Gasteiger partial charge in [-0.25, -0.2) is 0 Å². The van der Waals surface area contributed by atoms with Crippen molar-refractivity contribution in [1.82, 2.24) is 10.2 Å². The third-order valence-corrected chi connectivity index (χ3v) is 2.88. The molecule has 0 saturated carbocycles. The van der Waals surface area contributed by atoms with Gasteiger partial charge in [0.25, 0.3) is 0 Å². The van der Waals surface area contributed by atoms with E-state index in [1.54, 1.807) is 0 Å². The first-order valence-corrected chi connectivity index (χ1v) is 4.74. The third kappa shape index (κ3) is 1.94. The standard InChI is InChI=1S/C9H20N2/c1-4-11(5-2)8(3)9-6-10-7-9/h8-10H,4-7H2,1-3H3. The van der Waals surface area contributed by atoms with E-state index in [0.29, 0.717) is 0 Å². The number of nitrogens with zero attached hydrogens (tertiary/aromatic N) is 1. The molecular formula is C9H20N2. The molecule has 1 aliphatic rings. The molecule has 1 saturated heterocycles. The molecule has 1 atom stereocenters. The van der Waals surface area contributed by atoms with Crippen LogP contribution in [0.1, 0.15) is 20.8 Å². The van der Waals surface area contributed by atoms with Gasteiger partial charge in [0, 0.05) is 19.1 Å². The van der Waals surface area contributed by atoms with E-state index in [1.807, 2.05) is 0 Å². The van der Waals surface area contributed by atoms with Gasteiger partial charge in [-0.15, -0.1) is 0 Å². The lowest BCUT2D eigenvalue weighted by atomic mass is 9.94. The van der Waals surface area contributed by atoms with Crippen molar-refractivity contribution in [3.8, 4) is 0 Å². The highest BCUT2D eigenvalue weighted by molar-refractivity contribution is 4.84. The van der Waals surface area contributed by atoms with Crippen molar-refractivity contribution in [3.63, 3.8) is 0 Å². The summed E-state index contributed by atoms with van der Waals surface area (Å²) in [5, 5.41) is 3.32. The molecule has 0 amide bonds. The van der Waals surface area contributed by atoms with Gasteiger partial charge >= 0.3 is 0 Å². The van der Waals surface area contributed by atoms with E-state index in [1.165, 1.54) is 26.2 Å². The van der Waals surface area contributed by atoms with E-state index < -0.39 is 0 Å². The van der Waals surface area contributed by atoms with Crippen LogP contribution in [-0.4, -0.2) is 37.1 Å². The molecule has 0 bridgehead atoms. The molecule has 0 aromatic rings. The number of rotatable bonds is 4. The Labute approximate surface area is 70.0 Å². The topological polar surface area (TPSA) is 15.3 Å². The van der Waals surface area contributed by atoms with E-state index in [4.69, 9.17) is 0 Å². The Morgan fingerprint density at radius 1 is 1.36 bits per heavy atom. The summed E-state index contributed by atoms with van der Waals surface area (Å²) in [4.78, 5) is 2.53. The summed E-state index contributed by atoms with van der Waals surface area (Å²) >= 11 is 0. The molecule has 2 nitrogen and oxygen atoms in total. The summed E-state index contributed by atoms with van der Waals surface area (Å²) in [6.45, 7) is 11.6. The quantitative estimate of drug-likeness (QED) is 0.651. The Bertz CT molecular complexity index is 106. The van der Waals surface area contributed by atoms with Crippen LogP contribution in [0.2, 0.25) is 0 Å². The Balaban J connectivity index is 2.30. The zero-order chi connectivity index (χ0) is 8.27. The fourth-order valence-electron chi connectivity index (χ4n) is 1.75. The van der Waals surface area contributed by atoms with E-state index in [0.717, 1.165) is 12.0 Å². The predicted octanol–water partition coefficient (Wildman–Crippen LogP) is 0.936. The molecule has 0 radical (unpaired) electrons. The van der Waals surface area contributed by atoms with Crippen LogP contribution in [0.15, 0.2) is 0 Å². The molecule has 66 valence electrons. The van der Waals surface area contributed by atoms with Crippen LogP contribution in [0, 0.1) is 5.92 Å². The van der Waals surface area contributed by atoms with Crippen LogP contribution in [0.5, 0.6) is 0 Å². The SMILES string of the molecule is CCN(CC)C(C)C1CNC1. The maximum absolute atomic E-state index is 3.32. The van der Waals surface area contributed by atoms with Crippen LogP contribution in [-0.2, 0) is 0 Å². The first kappa shape index (κ1) is 9.01. The van der Waals surface area contributed by atoms with Gasteiger partial charge in [-0.2, -0.15) is 0 Å². The van der Waals surface area contributed by atoms with Gasteiger partial charge < -0.3 is 10.2 Å². The summed E-state index contributed by atoms with van der Waals surface area (Å²) in [6.07, 6.45) is 0. The minimum absolute atomic E-state index is 0.770. The van der Waals surface area contributed by atoms with Crippen molar-refractivity contribution in [2.75, 3.05) is 26.2 Å². The highest BCUT2D eigenvalue weighted by Gasteiger charge is 2.26. The first-order valence-electron chi connectivity index (χ1n) is 4.74. The average Bonchev–Trinajstić information content (AvgIpc) is 1.86. The van der Waals surface area contributed by atoms with Crippen molar-refractivity contribution >= 4 is 0 Å². The van der Waals surface area contributed by atoms with E-state index in [9.17, 15) is 0 Å². The fraction of sp³-hybridized carbons (Fsp3) is 1.00. The lowest BCUT2D eigenvalue weighted by Gasteiger charge is -2.38. The zero-order valence-electron chi connectivity index (χ0n) is 7.93. The molecule has 0 aromatic carbocycles. The highest BCUT2D eigenvalue weighted by atomic mass is 15.2. The van der Waals surface area contributed by atoms with E-state index in [2.05, 4.69) is 31.0 Å². The van der Waals surface area contributed by atoms with Crippen LogP contribution < -0.4 is 5.32 Å². The van der Waals surface area contributed by atoms with Crippen LogP contribution in [0.3, 0.4) is 0 Å². The Morgan fingerprint density at radius 2 is 1.91 bits per heavy atom. The first-order chi connectivity index (χ1) is 5.29. The molecule has 0 aromatic heterocycles. The molecule has 0 spiro atoms. The Kier molecular flexibility index (Phi) is 3.34. The predicted molar refractivity (Wildman–Crippen MR) is 48.7 cm³/mol. The van der Waals surface area contributed by atoms with Crippen molar-refractivity contribution in [1.29, 1.82) is 0 Å². The molecule has 1 aliphatic heterocycles. The molecule has 1 unspecified atom stereocenters. The summed E-state index contributed by atoms with van der Waals surface area (Å²) in [5.74, 6) is 0.898. The van der Waals surface area contributed by atoms with Gasteiger partial charge in [-0.3, -0.25) is 0 Å². The van der Waals surface area contributed by atoms with Gasteiger partial charge in [0.15, 0.2) is 0 Å². The lowest BCUT2D eigenvalue weighted by molar-refractivity contribution is 0.133. The van der Waals surface area contributed by atoms with Gasteiger partial charge in [0.1, 0.15) is 0 Å². The largest absolute Gasteiger partial charge is 0.316 e. The minimum atomic E-state index is 0.770. The molecule has 1 N–H and O–H groups in total. The summed E-state index contributed by atoms with van der Waals surface area (Å²) < 4.78 is 0. The van der Waals surface area contributed by atoms with Crippen LogP contribution >= 0.6 is 0 Å². The lowest BCUT2D eigenvalue weighted by Crippen LogP contribution is -2.53. The second kappa shape index (κ2) is 4.07. The smallest absolute Gasteiger partial charge is 0.0119 e. The monoisotopic (exact) mass is 156 g/mol. The van der Waals surface area contributed by atoms with Crippen molar-refractivity contribution in [3.05, 3.63) is 0 Å². The van der Waals surface area contributed by atoms with Gasteiger partial charge in [0.05, 0.1) is 0 Å². The van der Waals surface area contributed by atoms with Gasteiger partial charge in [-0.1, -0.05) is 13.8 Å². The number of nitrogens with one attached hydrogen (secondary N) is 1. The molecule has 0 aliphatic carbocycles. The second-order valence-electron chi connectivity index (χ2n) is 3.38. The Morgan fingerprint density at radius 3 is 2.18 bits per heavy atom. The fourth-order valence-corrected chi connectivity index (χ4v) is 1.75. The van der Waals surface area contributed by atoms with Crippen LogP contribution in [0.25, 0.3) is 0 Å². The summed E-state index contributed by atoms with van der Waals surface area (Å²) in [7, 11) is 0. The number of hydrogen-bond donors (Lipinski definition) is 1. The number of hydrogen-bond acceptors (Lipinski definition) is 2. The third-order valence-electron chi connectivity index (χ3n) is 2.88. The second-order valence-corrected chi connectivity index (χ2v) is 3.38. The van der Waals surface area contributed by atoms with E-state index >= 15 is 0 Å². The average molecular weight is 156 g/mol. The molecule has 1 rings (SSSR count). The van der Waals surface area contributed by atoms with Gasteiger partial charge in [-0.05, 0) is 25.9 Å².